The van der Waals surface area contributed by atoms with Gasteiger partial charge in [0.05, 0.1) is 4.99 Å². The molecule has 0 aromatic heterocycles. The minimum atomic E-state index is 0.597. The Hall–Kier alpha value is -0.150. The van der Waals surface area contributed by atoms with Crippen LogP contribution in [0.1, 0.15) is 27.2 Å². The maximum atomic E-state index is 5.48. The van der Waals surface area contributed by atoms with Gasteiger partial charge in [0.1, 0.15) is 0 Å². The first-order valence-corrected chi connectivity index (χ1v) is 5.01. The normalized spacial score (nSPS) is 13.3. The van der Waals surface area contributed by atoms with Gasteiger partial charge in [-0.05, 0) is 12.5 Å². The molecule has 3 heteroatoms. The van der Waals surface area contributed by atoms with Crippen LogP contribution in [-0.4, -0.2) is 29.5 Å². The quantitative estimate of drug-likeness (QED) is 0.643. The van der Waals surface area contributed by atoms with E-state index in [1.54, 1.807) is 0 Å². The fourth-order valence-corrected chi connectivity index (χ4v) is 1.28. The number of nitrogens with two attached hydrogens (primary N) is 1. The second-order valence-corrected chi connectivity index (χ2v) is 3.83. The van der Waals surface area contributed by atoms with E-state index >= 15 is 0 Å². The Morgan fingerprint density at radius 3 is 2.42 bits per heavy atom. The zero-order valence-corrected chi connectivity index (χ0v) is 9.16. The molecule has 0 aromatic rings. The van der Waals surface area contributed by atoms with Crippen molar-refractivity contribution < 1.29 is 0 Å². The van der Waals surface area contributed by atoms with Gasteiger partial charge < -0.3 is 5.73 Å². The van der Waals surface area contributed by atoms with E-state index in [-0.39, 0.29) is 0 Å². The van der Waals surface area contributed by atoms with Gasteiger partial charge in [0.15, 0.2) is 0 Å². The van der Waals surface area contributed by atoms with Crippen LogP contribution in [-0.2, 0) is 0 Å². The molecule has 0 aliphatic rings. The summed E-state index contributed by atoms with van der Waals surface area (Å²) in [4.78, 5) is 2.89. The van der Waals surface area contributed by atoms with Crippen LogP contribution < -0.4 is 5.73 Å². The highest BCUT2D eigenvalue weighted by atomic mass is 32.1. The van der Waals surface area contributed by atoms with Crippen LogP contribution >= 0.6 is 12.2 Å². The van der Waals surface area contributed by atoms with Crippen molar-refractivity contribution in [3.63, 3.8) is 0 Å². The van der Waals surface area contributed by atoms with Crippen LogP contribution in [0.25, 0.3) is 0 Å². The van der Waals surface area contributed by atoms with Crippen LogP contribution in [0.4, 0.5) is 0 Å². The van der Waals surface area contributed by atoms with Gasteiger partial charge in [0.2, 0.25) is 0 Å². The van der Waals surface area contributed by atoms with Crippen molar-refractivity contribution in [3.8, 4) is 0 Å². The minimum Gasteiger partial charge on any atom is -0.392 e. The van der Waals surface area contributed by atoms with Crippen molar-refractivity contribution in [2.75, 3.05) is 19.6 Å². The van der Waals surface area contributed by atoms with Crippen molar-refractivity contribution in [3.05, 3.63) is 0 Å². The smallest absolute Gasteiger partial charge is 0.0870 e. The van der Waals surface area contributed by atoms with E-state index in [0.717, 1.165) is 25.6 Å². The van der Waals surface area contributed by atoms with Gasteiger partial charge in [0, 0.05) is 13.1 Å². The molecule has 2 N–H and O–H groups in total. The van der Waals surface area contributed by atoms with E-state index < -0.39 is 0 Å². The highest BCUT2D eigenvalue weighted by molar-refractivity contribution is 7.80. The largest absolute Gasteiger partial charge is 0.392 e. The molecule has 0 aliphatic heterocycles. The molecule has 0 amide bonds. The van der Waals surface area contributed by atoms with Crippen molar-refractivity contribution >= 4 is 17.2 Å². The average molecular weight is 188 g/mol. The van der Waals surface area contributed by atoms with Crippen molar-refractivity contribution in [1.29, 1.82) is 0 Å². The van der Waals surface area contributed by atoms with Crippen LogP contribution in [0, 0.1) is 5.92 Å². The van der Waals surface area contributed by atoms with Crippen molar-refractivity contribution in [2.24, 2.45) is 11.7 Å². The summed E-state index contributed by atoms with van der Waals surface area (Å²) in [7, 11) is 0. The first-order chi connectivity index (χ1) is 5.60. The van der Waals surface area contributed by atoms with Crippen molar-refractivity contribution in [2.45, 2.75) is 27.2 Å². The van der Waals surface area contributed by atoms with Crippen molar-refractivity contribution in [1.82, 2.24) is 4.90 Å². The molecule has 0 bridgehead atoms. The Bertz CT molecular complexity index is 136. The first-order valence-electron chi connectivity index (χ1n) is 4.60. The monoisotopic (exact) mass is 188 g/mol. The minimum absolute atomic E-state index is 0.597. The van der Waals surface area contributed by atoms with Crippen LogP contribution in [0.3, 0.4) is 0 Å². The molecule has 0 rings (SSSR count). The molecule has 1 atom stereocenters. The van der Waals surface area contributed by atoms with Gasteiger partial charge in [-0.1, -0.05) is 39.4 Å². The zero-order valence-electron chi connectivity index (χ0n) is 8.34. The summed E-state index contributed by atoms with van der Waals surface area (Å²) in [5.74, 6) is 0.735. The Balaban J connectivity index is 3.74. The Morgan fingerprint density at radius 2 is 2.08 bits per heavy atom. The zero-order chi connectivity index (χ0) is 9.56. The van der Waals surface area contributed by atoms with Gasteiger partial charge in [-0.15, -0.1) is 0 Å². The third-order valence-corrected chi connectivity index (χ3v) is 2.22. The molecule has 0 heterocycles. The maximum Gasteiger partial charge on any atom is 0.0870 e. The predicted molar refractivity (Wildman–Crippen MR) is 58.4 cm³/mol. The van der Waals surface area contributed by atoms with E-state index in [4.69, 9.17) is 18.0 Å². The van der Waals surface area contributed by atoms with E-state index in [0.29, 0.717) is 4.99 Å². The summed E-state index contributed by atoms with van der Waals surface area (Å²) in [6, 6.07) is 0. The molecule has 12 heavy (non-hydrogen) atoms. The molecule has 0 radical (unpaired) electrons. The van der Waals surface area contributed by atoms with Crippen LogP contribution in [0.15, 0.2) is 0 Å². The fourth-order valence-electron chi connectivity index (χ4n) is 1.10. The lowest BCUT2D eigenvalue weighted by Gasteiger charge is -2.22. The van der Waals surface area contributed by atoms with E-state index in [1.165, 1.54) is 6.42 Å². The lowest BCUT2D eigenvalue weighted by atomic mass is 10.1. The predicted octanol–water partition coefficient (Wildman–Crippen LogP) is 1.64. The number of hydrogen-bond acceptors (Lipinski definition) is 2. The summed E-state index contributed by atoms with van der Waals surface area (Å²) in [5.41, 5.74) is 5.48. The molecular weight excluding hydrogens is 168 g/mol. The molecule has 0 aliphatic carbocycles. The van der Waals surface area contributed by atoms with E-state index in [9.17, 15) is 0 Å². The van der Waals surface area contributed by atoms with Gasteiger partial charge >= 0.3 is 0 Å². The molecule has 0 aromatic carbocycles. The lowest BCUT2D eigenvalue weighted by Crippen LogP contribution is -2.35. The van der Waals surface area contributed by atoms with E-state index in [2.05, 4.69) is 25.7 Å². The average Bonchev–Trinajstić information content (AvgIpc) is 2.02. The lowest BCUT2D eigenvalue weighted by molar-refractivity contribution is 0.277. The molecule has 0 spiro atoms. The standard InChI is InChI=1S/C9H20N2S/c1-4-8(3)6-11(5-2)7-9(10)12/h8H,4-7H2,1-3H3,(H2,10,12). The Kier molecular flexibility index (Phi) is 6.30. The summed E-state index contributed by atoms with van der Waals surface area (Å²) < 4.78 is 0. The number of hydrogen-bond donors (Lipinski definition) is 1. The number of rotatable bonds is 6. The highest BCUT2D eigenvalue weighted by Gasteiger charge is 2.07. The topological polar surface area (TPSA) is 29.3 Å². The molecule has 2 nitrogen and oxygen atoms in total. The summed E-state index contributed by atoms with van der Waals surface area (Å²) in [6.45, 7) is 9.49. The first kappa shape index (κ1) is 11.8. The second kappa shape index (κ2) is 6.38. The highest BCUT2D eigenvalue weighted by Crippen LogP contribution is 2.03. The molecule has 0 saturated carbocycles. The fraction of sp³-hybridized carbons (Fsp3) is 0.889. The van der Waals surface area contributed by atoms with Gasteiger partial charge in [0.25, 0.3) is 0 Å². The summed E-state index contributed by atoms with van der Waals surface area (Å²) in [6.07, 6.45) is 1.22. The molecule has 0 saturated heterocycles. The van der Waals surface area contributed by atoms with Gasteiger partial charge in [-0.3, -0.25) is 4.90 Å². The number of nitrogens with zero attached hydrogens (tertiary/aromatic N) is 1. The van der Waals surface area contributed by atoms with Crippen LogP contribution in [0.5, 0.6) is 0 Å². The third-order valence-electron chi connectivity index (χ3n) is 2.09. The Morgan fingerprint density at radius 1 is 1.50 bits per heavy atom. The number of thiocarbonyl (C=S) groups is 1. The van der Waals surface area contributed by atoms with E-state index in [1.807, 2.05) is 0 Å². The van der Waals surface area contributed by atoms with Crippen LogP contribution in [0.2, 0.25) is 0 Å². The molecule has 1 unspecified atom stereocenters. The maximum absolute atomic E-state index is 5.48. The second-order valence-electron chi connectivity index (χ2n) is 3.31. The van der Waals surface area contributed by atoms with Gasteiger partial charge in [-0.25, -0.2) is 0 Å². The molecule has 72 valence electrons. The third kappa shape index (κ3) is 5.49. The molecule has 0 fully saturated rings. The summed E-state index contributed by atoms with van der Waals surface area (Å²) >= 11 is 4.86. The summed E-state index contributed by atoms with van der Waals surface area (Å²) in [5, 5.41) is 0. The molecular formula is C9H20N2S. The van der Waals surface area contributed by atoms with Gasteiger partial charge in [-0.2, -0.15) is 0 Å². The number of likely N-dealkylation sites (N-methyl/N-ethyl adjacent to an activating group) is 1. The Labute approximate surface area is 81.1 Å². The SMILES string of the molecule is CCC(C)CN(CC)CC(N)=S.